The quantitative estimate of drug-likeness (QED) is 0.928. The summed E-state index contributed by atoms with van der Waals surface area (Å²) < 4.78 is 0. The maximum atomic E-state index is 12.2. The standard InChI is InChI=1S/C16H19N3O/c1-12-4-3-5-13(10-12)6-7-16(20)19(2)15-8-9-18-11-14(15)17/h3-5,8-11H,6-7,17H2,1-2H3. The minimum absolute atomic E-state index is 0.0457. The lowest BCUT2D eigenvalue weighted by Crippen LogP contribution is -2.27. The van der Waals surface area contributed by atoms with E-state index in [4.69, 9.17) is 5.73 Å². The molecule has 0 aliphatic carbocycles. The molecule has 0 atom stereocenters. The zero-order chi connectivity index (χ0) is 14.5. The summed E-state index contributed by atoms with van der Waals surface area (Å²) in [7, 11) is 1.74. The Balaban J connectivity index is 2.00. The van der Waals surface area contributed by atoms with E-state index in [-0.39, 0.29) is 5.91 Å². The minimum atomic E-state index is 0.0457. The molecule has 4 nitrogen and oxygen atoms in total. The summed E-state index contributed by atoms with van der Waals surface area (Å²) in [5, 5.41) is 0. The maximum absolute atomic E-state index is 12.2. The molecule has 1 heterocycles. The van der Waals surface area contributed by atoms with E-state index in [1.54, 1.807) is 30.4 Å². The highest BCUT2D eigenvalue weighted by Crippen LogP contribution is 2.20. The molecule has 0 aliphatic rings. The number of nitrogens with two attached hydrogens (primary N) is 1. The molecule has 0 unspecified atom stereocenters. The second-order valence-corrected chi connectivity index (χ2v) is 4.88. The molecule has 0 saturated heterocycles. The lowest BCUT2D eigenvalue weighted by atomic mass is 10.1. The van der Waals surface area contributed by atoms with Gasteiger partial charge < -0.3 is 10.6 Å². The lowest BCUT2D eigenvalue weighted by Gasteiger charge is -2.18. The van der Waals surface area contributed by atoms with Gasteiger partial charge in [0.2, 0.25) is 5.91 Å². The van der Waals surface area contributed by atoms with Gasteiger partial charge in [0.25, 0.3) is 0 Å². The van der Waals surface area contributed by atoms with Crippen LogP contribution in [0.25, 0.3) is 0 Å². The summed E-state index contributed by atoms with van der Waals surface area (Å²) in [5.74, 6) is 0.0457. The fourth-order valence-corrected chi connectivity index (χ4v) is 2.13. The van der Waals surface area contributed by atoms with E-state index in [1.165, 1.54) is 11.1 Å². The van der Waals surface area contributed by atoms with Crippen molar-refractivity contribution in [1.29, 1.82) is 0 Å². The largest absolute Gasteiger partial charge is 0.396 e. The van der Waals surface area contributed by atoms with Crippen LogP contribution >= 0.6 is 0 Å². The van der Waals surface area contributed by atoms with Crippen molar-refractivity contribution in [2.24, 2.45) is 0 Å². The molecule has 0 bridgehead atoms. The van der Waals surface area contributed by atoms with Crippen molar-refractivity contribution in [3.63, 3.8) is 0 Å². The van der Waals surface area contributed by atoms with Crippen LogP contribution in [0.4, 0.5) is 11.4 Å². The number of rotatable bonds is 4. The zero-order valence-corrected chi connectivity index (χ0v) is 11.8. The third-order valence-electron chi connectivity index (χ3n) is 3.27. The second-order valence-electron chi connectivity index (χ2n) is 4.88. The van der Waals surface area contributed by atoms with Crippen molar-refractivity contribution in [3.05, 3.63) is 53.9 Å². The number of nitrogens with zero attached hydrogens (tertiary/aromatic N) is 2. The number of hydrogen-bond donors (Lipinski definition) is 1. The first kappa shape index (κ1) is 14.1. The summed E-state index contributed by atoms with van der Waals surface area (Å²) in [5.41, 5.74) is 9.43. The maximum Gasteiger partial charge on any atom is 0.227 e. The molecular formula is C16H19N3O. The number of pyridine rings is 1. The number of hydrogen-bond acceptors (Lipinski definition) is 3. The predicted molar refractivity (Wildman–Crippen MR) is 81.6 cm³/mol. The number of carbonyl (C=O) groups is 1. The predicted octanol–water partition coefficient (Wildman–Crippen LogP) is 2.57. The molecule has 1 aromatic heterocycles. The first-order chi connectivity index (χ1) is 9.58. The van der Waals surface area contributed by atoms with Gasteiger partial charge in [-0.15, -0.1) is 0 Å². The number of carbonyl (C=O) groups excluding carboxylic acids is 1. The summed E-state index contributed by atoms with van der Waals surface area (Å²) in [6, 6.07) is 9.96. The van der Waals surface area contributed by atoms with Crippen LogP contribution in [0.3, 0.4) is 0 Å². The minimum Gasteiger partial charge on any atom is -0.396 e. The Morgan fingerprint density at radius 3 is 2.85 bits per heavy atom. The molecule has 1 amide bonds. The molecule has 2 aromatic rings. The SMILES string of the molecule is Cc1cccc(CCC(=O)N(C)c2ccncc2N)c1. The van der Waals surface area contributed by atoms with E-state index in [0.717, 1.165) is 6.42 Å². The first-order valence-electron chi connectivity index (χ1n) is 6.59. The van der Waals surface area contributed by atoms with Crippen LogP contribution in [-0.2, 0) is 11.2 Å². The second kappa shape index (κ2) is 6.19. The van der Waals surface area contributed by atoms with Crippen molar-refractivity contribution in [2.45, 2.75) is 19.8 Å². The lowest BCUT2D eigenvalue weighted by molar-refractivity contribution is -0.118. The molecule has 104 valence electrons. The summed E-state index contributed by atoms with van der Waals surface area (Å²) in [4.78, 5) is 17.7. The molecule has 0 saturated carbocycles. The molecular weight excluding hydrogens is 250 g/mol. The van der Waals surface area contributed by atoms with Crippen molar-refractivity contribution in [3.8, 4) is 0 Å². The number of nitrogen functional groups attached to an aromatic ring is 1. The van der Waals surface area contributed by atoms with Gasteiger partial charge in [0.05, 0.1) is 17.6 Å². The van der Waals surface area contributed by atoms with E-state index < -0.39 is 0 Å². The highest BCUT2D eigenvalue weighted by molar-refractivity contribution is 5.95. The highest BCUT2D eigenvalue weighted by Gasteiger charge is 2.13. The van der Waals surface area contributed by atoms with Crippen LogP contribution in [0, 0.1) is 6.92 Å². The number of aryl methyl sites for hydroxylation is 2. The van der Waals surface area contributed by atoms with Crippen LogP contribution in [-0.4, -0.2) is 17.9 Å². The number of amides is 1. The summed E-state index contributed by atoms with van der Waals surface area (Å²) >= 11 is 0. The van der Waals surface area contributed by atoms with Crippen molar-refractivity contribution < 1.29 is 4.79 Å². The van der Waals surface area contributed by atoms with Crippen molar-refractivity contribution in [2.75, 3.05) is 17.7 Å². The van der Waals surface area contributed by atoms with Gasteiger partial charge in [-0.3, -0.25) is 9.78 Å². The smallest absolute Gasteiger partial charge is 0.227 e. The Bertz CT molecular complexity index is 610. The van der Waals surface area contributed by atoms with Gasteiger partial charge in [0.15, 0.2) is 0 Å². The normalized spacial score (nSPS) is 10.3. The van der Waals surface area contributed by atoms with Gasteiger partial charge in [-0.1, -0.05) is 29.8 Å². The summed E-state index contributed by atoms with van der Waals surface area (Å²) in [6.45, 7) is 2.05. The molecule has 2 rings (SSSR count). The molecule has 0 aliphatic heterocycles. The Morgan fingerprint density at radius 2 is 2.15 bits per heavy atom. The monoisotopic (exact) mass is 269 g/mol. The van der Waals surface area contributed by atoms with Crippen LogP contribution in [0.2, 0.25) is 0 Å². The van der Waals surface area contributed by atoms with E-state index in [0.29, 0.717) is 17.8 Å². The number of anilines is 2. The molecule has 20 heavy (non-hydrogen) atoms. The van der Waals surface area contributed by atoms with Gasteiger partial charge in [-0.25, -0.2) is 0 Å². The summed E-state index contributed by atoms with van der Waals surface area (Å²) in [6.07, 6.45) is 4.38. The Hall–Kier alpha value is -2.36. The average molecular weight is 269 g/mol. The van der Waals surface area contributed by atoms with Gasteiger partial charge >= 0.3 is 0 Å². The van der Waals surface area contributed by atoms with Crippen LogP contribution in [0.1, 0.15) is 17.5 Å². The van der Waals surface area contributed by atoms with E-state index in [2.05, 4.69) is 24.0 Å². The fourth-order valence-electron chi connectivity index (χ4n) is 2.13. The van der Waals surface area contributed by atoms with Crippen LogP contribution < -0.4 is 10.6 Å². The molecule has 4 heteroatoms. The number of benzene rings is 1. The van der Waals surface area contributed by atoms with Crippen molar-refractivity contribution >= 4 is 17.3 Å². The van der Waals surface area contributed by atoms with E-state index >= 15 is 0 Å². The van der Waals surface area contributed by atoms with E-state index in [9.17, 15) is 4.79 Å². The van der Waals surface area contributed by atoms with Crippen LogP contribution in [0.15, 0.2) is 42.7 Å². The van der Waals surface area contributed by atoms with Gasteiger partial charge in [-0.2, -0.15) is 0 Å². The fraction of sp³-hybridized carbons (Fsp3) is 0.250. The molecule has 0 spiro atoms. The van der Waals surface area contributed by atoms with Gasteiger partial charge in [0.1, 0.15) is 0 Å². The third kappa shape index (κ3) is 3.35. The number of aromatic nitrogens is 1. The zero-order valence-electron chi connectivity index (χ0n) is 11.8. The Morgan fingerprint density at radius 1 is 1.35 bits per heavy atom. The molecule has 0 fully saturated rings. The topological polar surface area (TPSA) is 59.2 Å². The first-order valence-corrected chi connectivity index (χ1v) is 6.59. The molecule has 1 aromatic carbocycles. The molecule has 2 N–H and O–H groups in total. The molecule has 0 radical (unpaired) electrons. The van der Waals surface area contributed by atoms with E-state index in [1.807, 2.05) is 12.1 Å². The average Bonchev–Trinajstić information content (AvgIpc) is 2.44. The Labute approximate surface area is 119 Å². The van der Waals surface area contributed by atoms with Crippen molar-refractivity contribution in [1.82, 2.24) is 4.98 Å². The highest BCUT2D eigenvalue weighted by atomic mass is 16.2. The third-order valence-corrected chi connectivity index (χ3v) is 3.27. The Kier molecular flexibility index (Phi) is 4.35. The van der Waals surface area contributed by atoms with Gasteiger partial charge in [0, 0.05) is 19.7 Å². The van der Waals surface area contributed by atoms with Gasteiger partial charge in [-0.05, 0) is 25.0 Å². The van der Waals surface area contributed by atoms with Crippen LogP contribution in [0.5, 0.6) is 0 Å².